The predicted octanol–water partition coefficient (Wildman–Crippen LogP) is 4.40. The van der Waals surface area contributed by atoms with Crippen molar-refractivity contribution in [2.75, 3.05) is 13.2 Å². The Morgan fingerprint density at radius 1 is 1.33 bits per heavy atom. The largest absolute Gasteiger partial charge is 0.368 e. The number of nitrogens with zero attached hydrogens (tertiary/aromatic N) is 1. The third-order valence-corrected chi connectivity index (χ3v) is 6.21. The van der Waals surface area contributed by atoms with E-state index in [0.29, 0.717) is 11.5 Å². The summed E-state index contributed by atoms with van der Waals surface area (Å²) < 4.78 is 6.25. The highest BCUT2D eigenvalue weighted by molar-refractivity contribution is 7.09. The van der Waals surface area contributed by atoms with E-state index < -0.39 is 0 Å². The first-order chi connectivity index (χ1) is 10.0. The molecule has 1 aliphatic carbocycles. The zero-order valence-corrected chi connectivity index (χ0v) is 14.4. The summed E-state index contributed by atoms with van der Waals surface area (Å²) in [6.07, 6.45) is 7.16. The molecule has 1 saturated carbocycles. The minimum Gasteiger partial charge on any atom is -0.368 e. The Morgan fingerprint density at radius 3 is 2.71 bits per heavy atom. The van der Waals surface area contributed by atoms with Crippen LogP contribution in [0.3, 0.4) is 0 Å². The van der Waals surface area contributed by atoms with Crippen molar-refractivity contribution in [3.05, 3.63) is 16.1 Å². The summed E-state index contributed by atoms with van der Waals surface area (Å²) in [6, 6.07) is 0.466. The Bertz CT molecular complexity index is 467. The molecular formula is C17H28N2OS. The fraction of sp³-hybridized carbons (Fsp3) is 0.824. The van der Waals surface area contributed by atoms with Gasteiger partial charge in [0, 0.05) is 12.0 Å². The van der Waals surface area contributed by atoms with Gasteiger partial charge in [-0.05, 0) is 57.4 Å². The van der Waals surface area contributed by atoms with Gasteiger partial charge in [0.25, 0.3) is 0 Å². The zero-order chi connectivity index (χ0) is 14.9. The van der Waals surface area contributed by atoms with E-state index in [-0.39, 0.29) is 5.60 Å². The van der Waals surface area contributed by atoms with Crippen molar-refractivity contribution < 1.29 is 4.74 Å². The van der Waals surface area contributed by atoms with Crippen LogP contribution in [0.2, 0.25) is 0 Å². The van der Waals surface area contributed by atoms with Crippen LogP contribution in [0.4, 0.5) is 0 Å². The topological polar surface area (TPSA) is 34.1 Å². The maximum Gasteiger partial charge on any atom is 0.125 e. The maximum atomic E-state index is 6.25. The van der Waals surface area contributed by atoms with Crippen molar-refractivity contribution >= 4 is 11.3 Å². The monoisotopic (exact) mass is 308 g/mol. The molecule has 0 amide bonds. The van der Waals surface area contributed by atoms with E-state index in [1.807, 2.05) is 0 Å². The lowest BCUT2D eigenvalue weighted by Crippen LogP contribution is -2.37. The van der Waals surface area contributed by atoms with Crippen molar-refractivity contribution in [2.24, 2.45) is 5.41 Å². The first-order valence-electron chi connectivity index (χ1n) is 8.38. The lowest BCUT2D eigenvalue weighted by Gasteiger charge is -2.42. The summed E-state index contributed by atoms with van der Waals surface area (Å²) >= 11 is 1.81. The molecule has 2 fully saturated rings. The van der Waals surface area contributed by atoms with Crippen molar-refractivity contribution in [3.8, 4) is 0 Å². The number of hydrogen-bond acceptors (Lipinski definition) is 4. The normalized spacial score (nSPS) is 27.9. The van der Waals surface area contributed by atoms with Gasteiger partial charge in [0.1, 0.15) is 10.6 Å². The van der Waals surface area contributed by atoms with Gasteiger partial charge in [-0.25, -0.2) is 4.98 Å². The van der Waals surface area contributed by atoms with E-state index in [0.717, 1.165) is 26.0 Å². The number of thiazole rings is 1. The highest BCUT2D eigenvalue weighted by Gasteiger charge is 2.42. The summed E-state index contributed by atoms with van der Waals surface area (Å²) in [5, 5.41) is 7.01. The lowest BCUT2D eigenvalue weighted by molar-refractivity contribution is -0.0891. The summed E-state index contributed by atoms with van der Waals surface area (Å²) in [7, 11) is 0. The van der Waals surface area contributed by atoms with Crippen molar-refractivity contribution in [1.29, 1.82) is 0 Å². The molecule has 0 unspecified atom stereocenters. The fourth-order valence-electron chi connectivity index (χ4n) is 3.62. The molecule has 1 saturated heterocycles. The van der Waals surface area contributed by atoms with Crippen molar-refractivity contribution in [2.45, 2.75) is 70.9 Å². The van der Waals surface area contributed by atoms with Gasteiger partial charge in [-0.3, -0.25) is 0 Å². The van der Waals surface area contributed by atoms with Crippen LogP contribution in [-0.2, 0) is 10.3 Å². The summed E-state index contributed by atoms with van der Waals surface area (Å²) in [6.45, 7) is 8.76. The number of aromatic nitrogens is 1. The van der Waals surface area contributed by atoms with Gasteiger partial charge in [0.15, 0.2) is 0 Å². The molecule has 1 N–H and O–H groups in total. The van der Waals surface area contributed by atoms with Gasteiger partial charge in [-0.15, -0.1) is 11.3 Å². The summed E-state index contributed by atoms with van der Waals surface area (Å²) in [4.78, 5) is 4.99. The number of nitrogens with one attached hydrogen (secondary N) is 1. The van der Waals surface area contributed by atoms with Crippen LogP contribution in [0.25, 0.3) is 0 Å². The Balaban J connectivity index is 1.81. The van der Waals surface area contributed by atoms with Crippen LogP contribution < -0.4 is 5.32 Å². The molecule has 0 spiro atoms. The predicted molar refractivity (Wildman–Crippen MR) is 87.6 cm³/mol. The molecule has 0 aromatic carbocycles. The Hall–Kier alpha value is -0.450. The van der Waals surface area contributed by atoms with Crippen molar-refractivity contribution in [3.63, 3.8) is 0 Å². The van der Waals surface area contributed by atoms with E-state index in [1.165, 1.54) is 36.4 Å². The fourth-order valence-corrected chi connectivity index (χ4v) is 4.70. The molecule has 1 aromatic heterocycles. The van der Waals surface area contributed by atoms with Gasteiger partial charge < -0.3 is 10.1 Å². The van der Waals surface area contributed by atoms with Crippen molar-refractivity contribution in [1.82, 2.24) is 10.3 Å². The smallest absolute Gasteiger partial charge is 0.125 e. The van der Waals surface area contributed by atoms with Gasteiger partial charge in [-0.2, -0.15) is 0 Å². The average Bonchev–Trinajstić information content (AvgIpc) is 3.11. The summed E-state index contributed by atoms with van der Waals surface area (Å²) in [5.74, 6) is 0. The van der Waals surface area contributed by atoms with Crippen LogP contribution >= 0.6 is 11.3 Å². The number of rotatable bonds is 4. The minimum absolute atomic E-state index is 0.119. The zero-order valence-electron chi connectivity index (χ0n) is 13.6. The third-order valence-electron chi connectivity index (χ3n) is 5.16. The number of ether oxygens (including phenoxy) is 1. The maximum absolute atomic E-state index is 6.25. The molecule has 3 rings (SSSR count). The standard InChI is InChI=1S/C17H28N2OS/c1-4-20-17(9-7-16(2,3)8-10-17)15-19-14(12-21-15)13-6-5-11-18-13/h12-13,18H,4-11H2,1-3H3/t13-/m0/s1. The second kappa shape index (κ2) is 5.98. The molecule has 4 heteroatoms. The number of hydrogen-bond donors (Lipinski definition) is 1. The Morgan fingerprint density at radius 2 is 2.10 bits per heavy atom. The second-order valence-electron chi connectivity index (χ2n) is 7.32. The first kappa shape index (κ1) is 15.4. The SMILES string of the molecule is CCOC1(c2nc([C@@H]3CCCN3)cs2)CCC(C)(C)CC1. The molecule has 118 valence electrons. The molecule has 1 atom stereocenters. The highest BCUT2D eigenvalue weighted by Crippen LogP contribution is 2.48. The van der Waals surface area contributed by atoms with Gasteiger partial charge in [0.05, 0.1) is 11.7 Å². The Labute approximate surface area is 132 Å². The molecule has 2 heterocycles. The van der Waals surface area contributed by atoms with E-state index in [2.05, 4.69) is 31.5 Å². The van der Waals surface area contributed by atoms with E-state index in [4.69, 9.17) is 9.72 Å². The molecule has 0 radical (unpaired) electrons. The summed E-state index contributed by atoms with van der Waals surface area (Å²) in [5.41, 5.74) is 1.57. The molecule has 1 aliphatic heterocycles. The third kappa shape index (κ3) is 3.17. The first-order valence-corrected chi connectivity index (χ1v) is 9.26. The molecule has 1 aromatic rings. The molecular weight excluding hydrogens is 280 g/mol. The Kier molecular flexibility index (Phi) is 4.40. The molecule has 3 nitrogen and oxygen atoms in total. The van der Waals surface area contributed by atoms with Crippen LogP contribution in [0, 0.1) is 5.41 Å². The van der Waals surface area contributed by atoms with Crippen LogP contribution in [0.1, 0.15) is 76.0 Å². The van der Waals surface area contributed by atoms with Gasteiger partial charge >= 0.3 is 0 Å². The minimum atomic E-state index is -0.119. The second-order valence-corrected chi connectivity index (χ2v) is 8.18. The molecule has 2 aliphatic rings. The van der Waals surface area contributed by atoms with E-state index >= 15 is 0 Å². The lowest BCUT2D eigenvalue weighted by atomic mass is 9.71. The average molecular weight is 308 g/mol. The van der Waals surface area contributed by atoms with E-state index in [9.17, 15) is 0 Å². The van der Waals surface area contributed by atoms with E-state index in [1.54, 1.807) is 11.3 Å². The van der Waals surface area contributed by atoms with Crippen LogP contribution in [0.15, 0.2) is 5.38 Å². The van der Waals surface area contributed by atoms with Gasteiger partial charge in [0.2, 0.25) is 0 Å². The quantitative estimate of drug-likeness (QED) is 0.895. The van der Waals surface area contributed by atoms with Gasteiger partial charge in [-0.1, -0.05) is 13.8 Å². The van der Waals surface area contributed by atoms with Crippen LogP contribution in [-0.4, -0.2) is 18.1 Å². The molecule has 21 heavy (non-hydrogen) atoms. The molecule has 0 bridgehead atoms. The van der Waals surface area contributed by atoms with Crippen LogP contribution in [0.5, 0.6) is 0 Å². The highest BCUT2D eigenvalue weighted by atomic mass is 32.1.